The summed E-state index contributed by atoms with van der Waals surface area (Å²) >= 11 is 2.07. The fraction of sp³-hybridized carbons (Fsp3) is 0.150. The van der Waals surface area contributed by atoms with E-state index in [9.17, 15) is 17.6 Å². The van der Waals surface area contributed by atoms with E-state index in [1.165, 1.54) is 0 Å². The van der Waals surface area contributed by atoms with Crippen molar-refractivity contribution < 1.29 is 17.6 Å². The van der Waals surface area contributed by atoms with E-state index >= 15 is 0 Å². The van der Waals surface area contributed by atoms with Crippen molar-refractivity contribution in [3.63, 3.8) is 0 Å². The van der Waals surface area contributed by atoms with E-state index in [-0.39, 0.29) is 12.0 Å². The molecule has 0 aliphatic rings. The number of benzene rings is 2. The molecule has 27 heavy (non-hydrogen) atoms. The zero-order chi connectivity index (χ0) is 19.7. The molecule has 0 saturated carbocycles. The molecule has 1 heterocycles. The minimum absolute atomic E-state index is 0.0207. The summed E-state index contributed by atoms with van der Waals surface area (Å²) in [6.45, 7) is 0. The van der Waals surface area contributed by atoms with Crippen LogP contribution in [0, 0.1) is 9.39 Å². The Morgan fingerprint density at radius 2 is 1.59 bits per heavy atom. The molecule has 3 rings (SSSR count). The van der Waals surface area contributed by atoms with Gasteiger partial charge in [-0.15, -0.1) is 0 Å². The maximum Gasteiger partial charge on any atom is 0.416 e. The van der Waals surface area contributed by atoms with E-state index in [4.69, 9.17) is 5.73 Å². The zero-order valence-corrected chi connectivity index (χ0v) is 16.1. The molecule has 2 N–H and O–H groups in total. The number of halogens is 5. The smallest absolute Gasteiger partial charge is 0.316 e. The van der Waals surface area contributed by atoms with Crippen LogP contribution in [-0.4, -0.2) is 4.98 Å². The number of pyridine rings is 1. The Kier molecular flexibility index (Phi) is 5.53. The van der Waals surface area contributed by atoms with Gasteiger partial charge in [0.1, 0.15) is 5.82 Å². The quantitative estimate of drug-likeness (QED) is 0.402. The molecular formula is C20H15F4IN2. The molecular weight excluding hydrogens is 471 g/mol. The second kappa shape index (κ2) is 7.55. The predicted octanol–water partition coefficient (Wildman–Crippen LogP) is 5.29. The third-order valence-corrected chi connectivity index (χ3v) is 4.89. The van der Waals surface area contributed by atoms with Crippen molar-refractivity contribution in [2.75, 3.05) is 0 Å². The van der Waals surface area contributed by atoms with Gasteiger partial charge < -0.3 is 5.73 Å². The molecule has 3 aromatic rings. The Labute approximate surface area is 167 Å². The Morgan fingerprint density at radius 1 is 0.926 bits per heavy atom. The van der Waals surface area contributed by atoms with Gasteiger partial charge in [0, 0.05) is 16.2 Å². The summed E-state index contributed by atoms with van der Waals surface area (Å²) in [6.07, 6.45) is -2.93. The number of alkyl halides is 3. The first-order chi connectivity index (χ1) is 12.7. The van der Waals surface area contributed by atoms with Gasteiger partial charge in [-0.1, -0.05) is 30.3 Å². The van der Waals surface area contributed by atoms with Crippen molar-refractivity contribution in [3.05, 3.63) is 98.6 Å². The van der Waals surface area contributed by atoms with E-state index < -0.39 is 23.1 Å². The van der Waals surface area contributed by atoms with Crippen LogP contribution in [0.1, 0.15) is 22.4 Å². The van der Waals surface area contributed by atoms with E-state index in [1.807, 2.05) is 30.3 Å². The Bertz CT molecular complexity index is 927. The van der Waals surface area contributed by atoms with Crippen LogP contribution in [0.2, 0.25) is 0 Å². The minimum Gasteiger partial charge on any atom is -0.316 e. The summed E-state index contributed by atoms with van der Waals surface area (Å²) in [6, 6.07) is 14.9. The molecule has 0 aliphatic heterocycles. The molecule has 0 fully saturated rings. The van der Waals surface area contributed by atoms with Crippen LogP contribution in [-0.2, 0) is 18.1 Å². The highest BCUT2D eigenvalue weighted by atomic mass is 127. The van der Waals surface area contributed by atoms with Gasteiger partial charge >= 0.3 is 6.18 Å². The first-order valence-electron chi connectivity index (χ1n) is 8.01. The SMILES string of the molecule is N[C@@](Cc1ccccc1)(c1cc(F)cc(C(F)(F)F)c1)c1ccc(I)cn1. The molecule has 0 unspecified atom stereocenters. The fourth-order valence-corrected chi connectivity index (χ4v) is 3.23. The van der Waals surface area contributed by atoms with E-state index in [2.05, 4.69) is 27.6 Å². The highest BCUT2D eigenvalue weighted by molar-refractivity contribution is 14.1. The number of rotatable bonds is 4. The molecule has 2 aromatic carbocycles. The van der Waals surface area contributed by atoms with Gasteiger partial charge in [-0.05, 0) is 64.0 Å². The van der Waals surface area contributed by atoms with Crippen LogP contribution >= 0.6 is 22.6 Å². The highest BCUT2D eigenvalue weighted by Gasteiger charge is 2.36. The van der Waals surface area contributed by atoms with E-state index in [0.29, 0.717) is 11.8 Å². The lowest BCUT2D eigenvalue weighted by molar-refractivity contribution is -0.137. The Hall–Kier alpha value is -2.00. The molecule has 1 aromatic heterocycles. The van der Waals surface area contributed by atoms with Crippen molar-refractivity contribution >= 4 is 22.6 Å². The van der Waals surface area contributed by atoms with Crippen LogP contribution in [0.15, 0.2) is 66.9 Å². The summed E-state index contributed by atoms with van der Waals surface area (Å²) in [5, 5.41) is 0. The average Bonchev–Trinajstić information content (AvgIpc) is 2.61. The number of hydrogen-bond acceptors (Lipinski definition) is 2. The van der Waals surface area contributed by atoms with Crippen molar-refractivity contribution in [1.82, 2.24) is 4.98 Å². The van der Waals surface area contributed by atoms with Crippen LogP contribution in [0.25, 0.3) is 0 Å². The molecule has 140 valence electrons. The molecule has 2 nitrogen and oxygen atoms in total. The Morgan fingerprint density at radius 3 is 2.19 bits per heavy atom. The summed E-state index contributed by atoms with van der Waals surface area (Å²) in [5.41, 5.74) is 5.29. The van der Waals surface area contributed by atoms with Gasteiger partial charge in [0.05, 0.1) is 16.8 Å². The summed E-state index contributed by atoms with van der Waals surface area (Å²) in [7, 11) is 0. The average molecular weight is 486 g/mol. The minimum atomic E-state index is -4.68. The summed E-state index contributed by atoms with van der Waals surface area (Å²) in [5.74, 6) is -0.992. The topological polar surface area (TPSA) is 38.9 Å². The molecule has 0 spiro atoms. The first-order valence-corrected chi connectivity index (χ1v) is 9.09. The van der Waals surface area contributed by atoms with Crippen LogP contribution in [0.3, 0.4) is 0 Å². The number of nitrogens with zero attached hydrogens (tertiary/aromatic N) is 1. The molecule has 0 saturated heterocycles. The lowest BCUT2D eigenvalue weighted by Crippen LogP contribution is -2.41. The second-order valence-corrected chi connectivity index (χ2v) is 7.47. The lowest BCUT2D eigenvalue weighted by atomic mass is 9.81. The van der Waals surface area contributed by atoms with Gasteiger partial charge in [0.15, 0.2) is 0 Å². The number of aromatic nitrogens is 1. The van der Waals surface area contributed by atoms with Crippen LogP contribution in [0.4, 0.5) is 17.6 Å². The first kappa shape index (κ1) is 19.8. The maximum absolute atomic E-state index is 14.0. The molecule has 0 aliphatic carbocycles. The van der Waals surface area contributed by atoms with E-state index in [0.717, 1.165) is 21.3 Å². The molecule has 7 heteroatoms. The highest BCUT2D eigenvalue weighted by Crippen LogP contribution is 2.36. The molecule has 0 bridgehead atoms. The van der Waals surface area contributed by atoms with Crippen molar-refractivity contribution in [1.29, 1.82) is 0 Å². The Balaban J connectivity index is 2.18. The zero-order valence-electron chi connectivity index (χ0n) is 14.0. The second-order valence-electron chi connectivity index (χ2n) is 6.22. The van der Waals surface area contributed by atoms with Crippen LogP contribution < -0.4 is 5.73 Å². The van der Waals surface area contributed by atoms with Crippen LogP contribution in [0.5, 0.6) is 0 Å². The largest absolute Gasteiger partial charge is 0.416 e. The van der Waals surface area contributed by atoms with Gasteiger partial charge in [-0.2, -0.15) is 13.2 Å². The van der Waals surface area contributed by atoms with Crippen molar-refractivity contribution in [3.8, 4) is 0 Å². The van der Waals surface area contributed by atoms with Crippen molar-refractivity contribution in [2.24, 2.45) is 5.73 Å². The monoisotopic (exact) mass is 486 g/mol. The normalized spacial score (nSPS) is 14.0. The third kappa shape index (κ3) is 4.47. The van der Waals surface area contributed by atoms with Gasteiger partial charge in [0.2, 0.25) is 0 Å². The number of nitrogens with two attached hydrogens (primary N) is 1. The summed E-state index contributed by atoms with van der Waals surface area (Å²) < 4.78 is 54.5. The molecule has 1 atom stereocenters. The standard InChI is InChI=1S/C20H15F4IN2/c21-16-9-14(8-15(10-16)20(22,23)24)19(26,11-13-4-2-1-3-5-13)18-7-6-17(25)12-27-18/h1-10,12H,11,26H2/t19-/m0/s1. The maximum atomic E-state index is 14.0. The lowest BCUT2D eigenvalue weighted by Gasteiger charge is -2.30. The fourth-order valence-electron chi connectivity index (χ4n) is 2.91. The van der Waals surface area contributed by atoms with Gasteiger partial charge in [-0.25, -0.2) is 4.39 Å². The summed E-state index contributed by atoms with van der Waals surface area (Å²) in [4.78, 5) is 4.31. The van der Waals surface area contributed by atoms with Gasteiger partial charge in [-0.3, -0.25) is 4.98 Å². The third-order valence-electron chi connectivity index (χ3n) is 4.25. The predicted molar refractivity (Wildman–Crippen MR) is 103 cm³/mol. The molecule has 0 radical (unpaired) electrons. The van der Waals surface area contributed by atoms with Crippen molar-refractivity contribution in [2.45, 2.75) is 18.1 Å². The van der Waals surface area contributed by atoms with E-state index in [1.54, 1.807) is 18.3 Å². The van der Waals surface area contributed by atoms with Gasteiger partial charge in [0.25, 0.3) is 0 Å². The molecule has 0 amide bonds. The number of hydrogen-bond donors (Lipinski definition) is 1.